The Morgan fingerprint density at radius 2 is 1.67 bits per heavy atom. The predicted molar refractivity (Wildman–Crippen MR) is 147 cm³/mol. The summed E-state index contributed by atoms with van der Waals surface area (Å²) < 4.78 is 17.6. The van der Waals surface area contributed by atoms with E-state index in [0.717, 1.165) is 50.8 Å². The molecule has 3 aliphatic rings. The molecule has 39 heavy (non-hydrogen) atoms. The van der Waals surface area contributed by atoms with Gasteiger partial charge in [-0.1, -0.05) is 31.2 Å². The van der Waals surface area contributed by atoms with Crippen molar-refractivity contribution in [3.8, 4) is 11.4 Å². The average Bonchev–Trinajstić information content (AvgIpc) is 3.77. The minimum absolute atomic E-state index is 0.0132. The predicted octanol–water partition coefficient (Wildman–Crippen LogP) is 3.79. The second kappa shape index (κ2) is 13.4. The first kappa shape index (κ1) is 28.3. The van der Waals surface area contributed by atoms with E-state index in [1.165, 1.54) is 30.5 Å². The van der Waals surface area contributed by atoms with Gasteiger partial charge in [0.2, 0.25) is 5.91 Å². The van der Waals surface area contributed by atoms with Crippen LogP contribution >= 0.6 is 0 Å². The fourth-order valence-corrected chi connectivity index (χ4v) is 4.25. The summed E-state index contributed by atoms with van der Waals surface area (Å²) in [6.07, 6.45) is 7.01. The lowest BCUT2D eigenvalue weighted by molar-refractivity contribution is -0.194. The van der Waals surface area contributed by atoms with Gasteiger partial charge in [0, 0.05) is 36.6 Å². The second-order valence-corrected chi connectivity index (χ2v) is 10.2. The summed E-state index contributed by atoms with van der Waals surface area (Å²) in [6, 6.07) is 15.6. The summed E-state index contributed by atoms with van der Waals surface area (Å²) in [4.78, 5) is 34.4. The van der Waals surface area contributed by atoms with E-state index in [1.807, 2.05) is 12.1 Å². The second-order valence-electron chi connectivity index (χ2n) is 10.2. The Morgan fingerprint density at radius 1 is 1.05 bits per heavy atom. The van der Waals surface area contributed by atoms with Gasteiger partial charge >= 0.3 is 0 Å². The number of carbonyl (C=O) groups is 2. The van der Waals surface area contributed by atoms with Gasteiger partial charge in [0.05, 0.1) is 25.2 Å². The molecule has 1 saturated carbocycles. The maximum atomic E-state index is 12.4. The number of nitrogens with two attached hydrogens (primary N) is 1. The van der Waals surface area contributed by atoms with Gasteiger partial charge in [-0.3, -0.25) is 9.59 Å². The molecule has 1 aliphatic carbocycles. The number of benzene rings is 2. The van der Waals surface area contributed by atoms with Crippen LogP contribution < -0.4 is 11.1 Å². The molecule has 1 aromatic heterocycles. The summed E-state index contributed by atoms with van der Waals surface area (Å²) in [5, 5.41) is 2.68. The number of aromatic nitrogens is 2. The molecule has 6 rings (SSSR count). The van der Waals surface area contributed by atoms with E-state index in [4.69, 9.17) is 10.5 Å². The maximum absolute atomic E-state index is 12.4. The van der Waals surface area contributed by atoms with Gasteiger partial charge in [0.15, 0.2) is 5.82 Å². The van der Waals surface area contributed by atoms with Crippen LogP contribution in [0.2, 0.25) is 0 Å². The van der Waals surface area contributed by atoms with Gasteiger partial charge in [0.25, 0.3) is 5.91 Å². The first-order chi connectivity index (χ1) is 18.9. The number of hydrogen-bond acceptors (Lipinski definition) is 6. The largest absolute Gasteiger partial charge is 0.380 e. The minimum atomic E-state index is -0.268. The van der Waals surface area contributed by atoms with Gasteiger partial charge in [0.1, 0.15) is 5.82 Å². The number of carbonyl (C=O) groups excluding carboxylic acids is 2. The van der Waals surface area contributed by atoms with Crippen molar-refractivity contribution in [2.24, 2.45) is 11.1 Å². The molecule has 1 spiro atoms. The number of hydrogen-bond donors (Lipinski definition) is 2. The molecular formula is C30H36FN5O3. The van der Waals surface area contributed by atoms with E-state index in [1.54, 1.807) is 47.6 Å². The van der Waals surface area contributed by atoms with E-state index >= 15 is 0 Å². The standard InChI is InChI=1S/C18H18N4O3.C9H9F.C3H9N/c23-15(22-9-18(10-22)11-25-12-18)8-21-17(24)14-4-2-13(3-5-14)16-19-6-1-7-20-16;10-9-5-3-8(4-6-9)7-1-2-7;1-2-3-4/h1-7H,8-12H2,(H,21,24);3-7H,1-2H2;2-4H2,1H3. The third-order valence-corrected chi connectivity index (χ3v) is 6.80. The summed E-state index contributed by atoms with van der Waals surface area (Å²) in [5.41, 5.74) is 7.85. The summed E-state index contributed by atoms with van der Waals surface area (Å²) in [7, 11) is 0. The topological polar surface area (TPSA) is 110 Å². The molecule has 0 radical (unpaired) electrons. The molecule has 206 valence electrons. The summed E-state index contributed by atoms with van der Waals surface area (Å²) >= 11 is 0. The van der Waals surface area contributed by atoms with Crippen LogP contribution in [0.3, 0.4) is 0 Å². The molecule has 8 nitrogen and oxygen atoms in total. The fourth-order valence-electron chi connectivity index (χ4n) is 4.25. The Morgan fingerprint density at radius 3 is 2.18 bits per heavy atom. The highest BCUT2D eigenvalue weighted by Gasteiger charge is 2.50. The van der Waals surface area contributed by atoms with Crippen LogP contribution in [0.5, 0.6) is 0 Å². The molecule has 3 aromatic rings. The Kier molecular flexibility index (Phi) is 9.73. The van der Waals surface area contributed by atoms with Gasteiger partial charge < -0.3 is 20.7 Å². The van der Waals surface area contributed by atoms with Crippen molar-refractivity contribution in [2.75, 3.05) is 39.4 Å². The molecule has 2 aliphatic heterocycles. The van der Waals surface area contributed by atoms with Crippen molar-refractivity contribution < 1.29 is 18.7 Å². The molecule has 3 fully saturated rings. The Hall–Kier alpha value is -3.69. The van der Waals surface area contributed by atoms with Gasteiger partial charge in [-0.15, -0.1) is 0 Å². The Balaban J connectivity index is 0.000000207. The Bertz CT molecular complexity index is 1200. The zero-order chi connectivity index (χ0) is 27.7. The van der Waals surface area contributed by atoms with E-state index in [-0.39, 0.29) is 29.6 Å². The lowest BCUT2D eigenvalue weighted by atomic mass is 9.78. The van der Waals surface area contributed by atoms with E-state index in [0.29, 0.717) is 11.4 Å². The Labute approximate surface area is 228 Å². The SMILES string of the molecule is CCCN.Fc1ccc(C2CC2)cc1.O=C(NCC(=O)N1CC2(COC2)C1)c1ccc(-c2ncccn2)cc1. The average molecular weight is 534 g/mol. The van der Waals surface area contributed by atoms with Crippen molar-refractivity contribution in [1.82, 2.24) is 20.2 Å². The monoisotopic (exact) mass is 533 g/mol. The fraction of sp³-hybridized carbons (Fsp3) is 0.400. The lowest BCUT2D eigenvalue weighted by Crippen LogP contribution is -2.68. The van der Waals surface area contributed by atoms with Crippen LogP contribution in [0.1, 0.15) is 48.0 Å². The highest BCUT2D eigenvalue weighted by Crippen LogP contribution is 2.39. The van der Waals surface area contributed by atoms with Crippen molar-refractivity contribution in [3.63, 3.8) is 0 Å². The zero-order valence-electron chi connectivity index (χ0n) is 22.3. The maximum Gasteiger partial charge on any atom is 0.251 e. The van der Waals surface area contributed by atoms with Crippen molar-refractivity contribution in [1.29, 1.82) is 0 Å². The van der Waals surface area contributed by atoms with Crippen molar-refractivity contribution in [3.05, 3.63) is 83.9 Å². The molecule has 0 unspecified atom stereocenters. The number of nitrogens with zero attached hydrogens (tertiary/aromatic N) is 3. The van der Waals surface area contributed by atoms with Crippen LogP contribution in [-0.2, 0) is 9.53 Å². The number of ether oxygens (including phenoxy) is 1. The summed E-state index contributed by atoms with van der Waals surface area (Å²) in [6.45, 7) is 5.82. The first-order valence-electron chi connectivity index (χ1n) is 13.4. The third kappa shape index (κ3) is 7.91. The van der Waals surface area contributed by atoms with Crippen LogP contribution in [0, 0.1) is 11.2 Å². The highest BCUT2D eigenvalue weighted by atomic mass is 19.1. The third-order valence-electron chi connectivity index (χ3n) is 6.80. The minimum Gasteiger partial charge on any atom is -0.380 e. The number of likely N-dealkylation sites (tertiary alicyclic amines) is 1. The van der Waals surface area contributed by atoms with Crippen LogP contribution in [0.15, 0.2) is 67.0 Å². The molecule has 3 N–H and O–H groups in total. The lowest BCUT2D eigenvalue weighted by Gasteiger charge is -2.54. The summed E-state index contributed by atoms with van der Waals surface area (Å²) in [5.74, 6) is 0.887. The van der Waals surface area contributed by atoms with Crippen LogP contribution in [-0.4, -0.2) is 66.1 Å². The molecule has 9 heteroatoms. The van der Waals surface area contributed by atoms with Crippen molar-refractivity contribution in [2.45, 2.75) is 32.1 Å². The van der Waals surface area contributed by atoms with Crippen LogP contribution in [0.25, 0.3) is 11.4 Å². The van der Waals surface area contributed by atoms with E-state index in [9.17, 15) is 14.0 Å². The van der Waals surface area contributed by atoms with Crippen molar-refractivity contribution >= 4 is 11.8 Å². The molecule has 0 atom stereocenters. The highest BCUT2D eigenvalue weighted by molar-refractivity contribution is 5.96. The first-order valence-corrected chi connectivity index (χ1v) is 13.4. The molecule has 2 amide bonds. The van der Waals surface area contributed by atoms with Gasteiger partial charge in [-0.25, -0.2) is 14.4 Å². The van der Waals surface area contributed by atoms with Gasteiger partial charge in [-0.05, 0) is 67.6 Å². The zero-order valence-corrected chi connectivity index (χ0v) is 22.3. The van der Waals surface area contributed by atoms with Gasteiger partial charge in [-0.2, -0.15) is 0 Å². The quantitative estimate of drug-likeness (QED) is 0.499. The normalized spacial score (nSPS) is 16.4. The van der Waals surface area contributed by atoms with Crippen LogP contribution in [0.4, 0.5) is 4.39 Å². The molecular weight excluding hydrogens is 497 g/mol. The number of rotatable bonds is 6. The number of nitrogens with one attached hydrogen (secondary N) is 1. The smallest absolute Gasteiger partial charge is 0.251 e. The number of amides is 2. The molecule has 0 bridgehead atoms. The van der Waals surface area contributed by atoms with E-state index in [2.05, 4.69) is 22.2 Å². The molecule has 2 aromatic carbocycles. The van der Waals surface area contributed by atoms with E-state index < -0.39 is 0 Å². The number of halogens is 1. The molecule has 2 saturated heterocycles. The molecule has 3 heterocycles.